The largest absolute Gasteiger partial charge is 0.491 e. The van der Waals surface area contributed by atoms with Crippen LogP contribution in [-0.2, 0) is 11.2 Å². The Hall–Kier alpha value is -2.33. The van der Waals surface area contributed by atoms with E-state index in [-0.39, 0.29) is 12.0 Å². The average molecular weight is 339 g/mol. The second-order valence-electron chi connectivity index (χ2n) is 6.39. The first-order valence-corrected chi connectivity index (χ1v) is 8.91. The summed E-state index contributed by atoms with van der Waals surface area (Å²) in [4.78, 5) is 12.7. The second kappa shape index (κ2) is 8.17. The number of ether oxygens (including phenoxy) is 2. The third-order valence-corrected chi connectivity index (χ3v) is 4.53. The highest BCUT2D eigenvalue weighted by Gasteiger charge is 2.16. The monoisotopic (exact) mass is 339 g/mol. The summed E-state index contributed by atoms with van der Waals surface area (Å²) in [6.45, 7) is 5.44. The van der Waals surface area contributed by atoms with Crippen molar-refractivity contribution in [1.82, 2.24) is 0 Å². The van der Waals surface area contributed by atoms with Gasteiger partial charge < -0.3 is 14.8 Å². The molecule has 1 saturated heterocycles. The molecule has 4 nitrogen and oxygen atoms in total. The number of carbonyl (C=O) groups excluding carboxylic acids is 1. The molecule has 1 fully saturated rings. The normalized spacial score (nSPS) is 16.6. The number of hydrogen-bond donors (Lipinski definition) is 1. The maximum atomic E-state index is 12.7. The zero-order valence-corrected chi connectivity index (χ0v) is 14.9. The molecular weight excluding hydrogens is 314 g/mol. The summed E-state index contributed by atoms with van der Waals surface area (Å²) in [5.41, 5.74) is 3.70. The van der Waals surface area contributed by atoms with Crippen LogP contribution in [0.5, 0.6) is 5.75 Å². The van der Waals surface area contributed by atoms with Gasteiger partial charge in [0.1, 0.15) is 12.4 Å². The molecule has 2 aromatic carbocycles. The van der Waals surface area contributed by atoms with Gasteiger partial charge in [-0.1, -0.05) is 31.2 Å². The van der Waals surface area contributed by atoms with Gasteiger partial charge in [0.05, 0.1) is 6.10 Å². The van der Waals surface area contributed by atoms with Gasteiger partial charge in [0.25, 0.3) is 5.91 Å². The van der Waals surface area contributed by atoms with Crippen LogP contribution in [0.3, 0.4) is 0 Å². The minimum Gasteiger partial charge on any atom is -0.491 e. The van der Waals surface area contributed by atoms with Crippen molar-refractivity contribution >= 4 is 11.6 Å². The molecule has 1 N–H and O–H groups in total. The molecule has 0 saturated carbocycles. The van der Waals surface area contributed by atoms with Crippen LogP contribution in [0.1, 0.15) is 41.3 Å². The SMILES string of the molecule is CCc1cccc(C)c1NC(=O)c1cccc(OCC2CCCO2)c1. The van der Waals surface area contributed by atoms with Crippen molar-refractivity contribution in [2.75, 3.05) is 18.5 Å². The van der Waals surface area contributed by atoms with Crippen LogP contribution in [0.2, 0.25) is 0 Å². The van der Waals surface area contributed by atoms with E-state index < -0.39 is 0 Å². The molecular formula is C21H25NO3. The lowest BCUT2D eigenvalue weighted by Gasteiger charge is -2.14. The van der Waals surface area contributed by atoms with Crippen molar-refractivity contribution in [3.63, 3.8) is 0 Å². The van der Waals surface area contributed by atoms with Crippen LogP contribution in [0, 0.1) is 6.92 Å². The lowest BCUT2D eigenvalue weighted by molar-refractivity contribution is 0.0679. The van der Waals surface area contributed by atoms with Gasteiger partial charge in [0.2, 0.25) is 0 Å². The minimum atomic E-state index is -0.119. The van der Waals surface area contributed by atoms with E-state index in [9.17, 15) is 4.79 Å². The molecule has 0 radical (unpaired) electrons. The van der Waals surface area contributed by atoms with E-state index >= 15 is 0 Å². The van der Waals surface area contributed by atoms with E-state index in [1.165, 1.54) is 0 Å². The summed E-state index contributed by atoms with van der Waals surface area (Å²) in [5.74, 6) is 0.579. The molecule has 0 aliphatic carbocycles. The molecule has 1 unspecified atom stereocenters. The molecule has 0 spiro atoms. The standard InChI is InChI=1S/C21H25NO3/c1-3-16-8-4-7-15(2)20(16)22-21(23)17-9-5-10-18(13-17)25-14-19-11-6-12-24-19/h4-5,7-10,13,19H,3,6,11-12,14H2,1-2H3,(H,22,23). The molecule has 1 aliphatic heterocycles. The average Bonchev–Trinajstić information content (AvgIpc) is 3.15. The number of rotatable bonds is 6. The second-order valence-corrected chi connectivity index (χ2v) is 6.39. The maximum Gasteiger partial charge on any atom is 0.255 e. The predicted octanol–water partition coefficient (Wildman–Crippen LogP) is 4.37. The van der Waals surface area contributed by atoms with Crippen LogP contribution in [-0.4, -0.2) is 25.2 Å². The van der Waals surface area contributed by atoms with E-state index in [1.54, 1.807) is 12.1 Å². The molecule has 132 valence electrons. The molecule has 1 heterocycles. The highest BCUT2D eigenvalue weighted by Crippen LogP contribution is 2.23. The Morgan fingerprint density at radius 3 is 2.88 bits per heavy atom. The van der Waals surface area contributed by atoms with Gasteiger partial charge in [0, 0.05) is 17.9 Å². The zero-order valence-electron chi connectivity index (χ0n) is 14.9. The molecule has 1 aliphatic rings. The van der Waals surface area contributed by atoms with Gasteiger partial charge in [0.15, 0.2) is 0 Å². The topological polar surface area (TPSA) is 47.6 Å². The van der Waals surface area contributed by atoms with Crippen LogP contribution >= 0.6 is 0 Å². The Kier molecular flexibility index (Phi) is 5.71. The summed E-state index contributed by atoms with van der Waals surface area (Å²) in [6, 6.07) is 13.4. The Morgan fingerprint density at radius 2 is 2.12 bits per heavy atom. The summed E-state index contributed by atoms with van der Waals surface area (Å²) < 4.78 is 11.4. The zero-order chi connectivity index (χ0) is 17.6. The first kappa shape index (κ1) is 17.5. The fourth-order valence-electron chi connectivity index (χ4n) is 3.08. The smallest absolute Gasteiger partial charge is 0.255 e. The lowest BCUT2D eigenvalue weighted by Crippen LogP contribution is -2.17. The van der Waals surface area contributed by atoms with E-state index in [0.717, 1.165) is 42.7 Å². The van der Waals surface area contributed by atoms with Crippen LogP contribution in [0.25, 0.3) is 0 Å². The molecule has 4 heteroatoms. The van der Waals surface area contributed by atoms with E-state index in [0.29, 0.717) is 17.9 Å². The highest BCUT2D eigenvalue weighted by molar-refractivity contribution is 6.05. The van der Waals surface area contributed by atoms with Crippen molar-refractivity contribution in [2.45, 2.75) is 39.2 Å². The third-order valence-electron chi connectivity index (χ3n) is 4.53. The van der Waals surface area contributed by atoms with Crippen LogP contribution < -0.4 is 10.1 Å². The maximum absolute atomic E-state index is 12.7. The summed E-state index contributed by atoms with van der Waals surface area (Å²) >= 11 is 0. The Balaban J connectivity index is 1.69. The van der Waals surface area contributed by atoms with Gasteiger partial charge in [-0.3, -0.25) is 4.79 Å². The van der Waals surface area contributed by atoms with Gasteiger partial charge in [-0.15, -0.1) is 0 Å². The number of anilines is 1. The molecule has 3 rings (SSSR count). The van der Waals surface area contributed by atoms with Crippen molar-refractivity contribution < 1.29 is 14.3 Å². The lowest BCUT2D eigenvalue weighted by atomic mass is 10.1. The number of benzene rings is 2. The summed E-state index contributed by atoms with van der Waals surface area (Å²) in [5, 5.41) is 3.05. The van der Waals surface area contributed by atoms with E-state index in [2.05, 4.69) is 12.2 Å². The molecule has 1 atom stereocenters. The van der Waals surface area contributed by atoms with E-state index in [1.807, 2.05) is 37.3 Å². The van der Waals surface area contributed by atoms with Crippen molar-refractivity contribution in [1.29, 1.82) is 0 Å². The van der Waals surface area contributed by atoms with Gasteiger partial charge in [-0.25, -0.2) is 0 Å². The molecule has 1 amide bonds. The summed E-state index contributed by atoms with van der Waals surface area (Å²) in [6.07, 6.45) is 3.17. The number of hydrogen-bond acceptors (Lipinski definition) is 3. The first-order valence-electron chi connectivity index (χ1n) is 8.91. The molecule has 25 heavy (non-hydrogen) atoms. The first-order chi connectivity index (χ1) is 12.2. The van der Waals surface area contributed by atoms with Crippen molar-refractivity contribution in [3.8, 4) is 5.75 Å². The minimum absolute atomic E-state index is 0.119. The number of para-hydroxylation sites is 1. The van der Waals surface area contributed by atoms with Crippen LogP contribution in [0.15, 0.2) is 42.5 Å². The quantitative estimate of drug-likeness (QED) is 0.850. The molecule has 0 aromatic heterocycles. The number of amides is 1. The van der Waals surface area contributed by atoms with Gasteiger partial charge >= 0.3 is 0 Å². The van der Waals surface area contributed by atoms with Crippen LogP contribution in [0.4, 0.5) is 5.69 Å². The number of aryl methyl sites for hydroxylation is 2. The van der Waals surface area contributed by atoms with Crippen molar-refractivity contribution in [2.24, 2.45) is 0 Å². The number of carbonyl (C=O) groups is 1. The Labute approximate surface area is 149 Å². The fraction of sp³-hybridized carbons (Fsp3) is 0.381. The van der Waals surface area contributed by atoms with Gasteiger partial charge in [-0.05, 0) is 55.5 Å². The highest BCUT2D eigenvalue weighted by atomic mass is 16.5. The van der Waals surface area contributed by atoms with Crippen molar-refractivity contribution in [3.05, 3.63) is 59.2 Å². The molecule has 0 bridgehead atoms. The number of nitrogens with one attached hydrogen (secondary N) is 1. The summed E-state index contributed by atoms with van der Waals surface area (Å²) in [7, 11) is 0. The van der Waals surface area contributed by atoms with Gasteiger partial charge in [-0.2, -0.15) is 0 Å². The Bertz CT molecular complexity index is 736. The fourth-order valence-corrected chi connectivity index (χ4v) is 3.08. The third kappa shape index (κ3) is 4.40. The Morgan fingerprint density at radius 1 is 1.28 bits per heavy atom. The predicted molar refractivity (Wildman–Crippen MR) is 99.4 cm³/mol. The van der Waals surface area contributed by atoms with E-state index in [4.69, 9.17) is 9.47 Å². The molecule has 2 aromatic rings.